The summed E-state index contributed by atoms with van der Waals surface area (Å²) in [6, 6.07) is 8.14. The van der Waals surface area contributed by atoms with Crippen molar-refractivity contribution in [1.82, 2.24) is 9.59 Å². The molecule has 2 aromatic rings. The first-order chi connectivity index (χ1) is 9.68. The number of amides is 1. The number of carbonyl (C=O) groups excluding carboxylic acids is 1. The summed E-state index contributed by atoms with van der Waals surface area (Å²) >= 11 is 1.20. The molecule has 0 saturated heterocycles. The summed E-state index contributed by atoms with van der Waals surface area (Å²) in [5, 5.41) is 5.61. The molecule has 2 heterocycles. The second kappa shape index (κ2) is 5.20. The van der Waals surface area contributed by atoms with Crippen molar-refractivity contribution in [3.8, 4) is 0 Å². The fourth-order valence-corrected chi connectivity index (χ4v) is 2.98. The zero-order valence-electron chi connectivity index (χ0n) is 11.5. The molecule has 6 heteroatoms. The Morgan fingerprint density at radius 3 is 2.80 bits per heavy atom. The Morgan fingerprint density at radius 1 is 1.35 bits per heavy atom. The Labute approximate surface area is 122 Å². The molecule has 3 rings (SSSR count). The van der Waals surface area contributed by atoms with E-state index in [1.165, 1.54) is 11.5 Å². The summed E-state index contributed by atoms with van der Waals surface area (Å²) in [4.78, 5) is 16.7. The molecule has 0 bridgehead atoms. The molecule has 1 aliphatic rings. The van der Waals surface area contributed by atoms with Crippen molar-refractivity contribution in [3.05, 3.63) is 35.3 Å². The lowest BCUT2D eigenvalue weighted by atomic mass is 10.1. The molecule has 104 valence electrons. The normalized spacial score (nSPS) is 18.6. The van der Waals surface area contributed by atoms with Gasteiger partial charge in [-0.05, 0) is 37.0 Å². The Morgan fingerprint density at radius 2 is 2.10 bits per heavy atom. The van der Waals surface area contributed by atoms with E-state index in [9.17, 15) is 4.79 Å². The maximum absolute atomic E-state index is 12.7. The maximum atomic E-state index is 12.7. The average Bonchev–Trinajstić information content (AvgIpc) is 2.95. The van der Waals surface area contributed by atoms with Crippen LogP contribution in [0.25, 0.3) is 0 Å². The van der Waals surface area contributed by atoms with Crippen molar-refractivity contribution in [2.24, 2.45) is 0 Å². The summed E-state index contributed by atoms with van der Waals surface area (Å²) in [5.41, 5.74) is 2.44. The van der Waals surface area contributed by atoms with E-state index >= 15 is 0 Å². The number of hydrogen-bond acceptors (Lipinski definition) is 5. The van der Waals surface area contributed by atoms with E-state index < -0.39 is 0 Å². The van der Waals surface area contributed by atoms with E-state index in [-0.39, 0.29) is 11.9 Å². The Kier molecular flexibility index (Phi) is 3.40. The van der Waals surface area contributed by atoms with E-state index in [1.807, 2.05) is 29.2 Å². The lowest BCUT2D eigenvalue weighted by Crippen LogP contribution is -2.38. The van der Waals surface area contributed by atoms with Gasteiger partial charge in [-0.25, -0.2) is 0 Å². The van der Waals surface area contributed by atoms with Gasteiger partial charge in [0, 0.05) is 25.0 Å². The number of aromatic nitrogens is 2. The Bertz CT molecular complexity index is 613. The number of nitrogens with zero attached hydrogens (tertiary/aromatic N) is 4. The summed E-state index contributed by atoms with van der Waals surface area (Å²) in [5.74, 6) is -0.0750. The number of hydrogen-bond donors (Lipinski definition) is 0. The summed E-state index contributed by atoms with van der Waals surface area (Å²) in [6.45, 7) is 3.00. The van der Waals surface area contributed by atoms with E-state index in [2.05, 4.69) is 28.5 Å². The van der Waals surface area contributed by atoms with Gasteiger partial charge in [0.2, 0.25) is 0 Å². The molecular weight excluding hydrogens is 272 g/mol. The highest BCUT2D eigenvalue weighted by Crippen LogP contribution is 2.34. The van der Waals surface area contributed by atoms with Gasteiger partial charge in [-0.3, -0.25) is 4.79 Å². The van der Waals surface area contributed by atoms with E-state index in [1.54, 1.807) is 5.38 Å². The van der Waals surface area contributed by atoms with Crippen molar-refractivity contribution < 1.29 is 4.79 Å². The van der Waals surface area contributed by atoms with E-state index in [4.69, 9.17) is 0 Å². The minimum absolute atomic E-state index is 0.0750. The highest BCUT2D eigenvalue weighted by Gasteiger charge is 2.30. The Hall–Kier alpha value is -1.95. The number of benzene rings is 1. The molecule has 0 spiro atoms. The van der Waals surface area contributed by atoms with Crippen LogP contribution in [0, 0.1) is 0 Å². The highest BCUT2D eigenvalue weighted by atomic mass is 32.1. The molecule has 0 fully saturated rings. The first-order valence-electron chi connectivity index (χ1n) is 6.59. The third-order valence-corrected chi connectivity index (χ3v) is 4.18. The van der Waals surface area contributed by atoms with Gasteiger partial charge in [-0.2, -0.15) is 0 Å². The van der Waals surface area contributed by atoms with Gasteiger partial charge in [-0.15, -0.1) is 5.10 Å². The van der Waals surface area contributed by atoms with Crippen molar-refractivity contribution in [2.45, 2.75) is 19.4 Å². The van der Waals surface area contributed by atoms with Gasteiger partial charge in [0.1, 0.15) is 0 Å². The molecule has 1 aliphatic heterocycles. The number of carbonyl (C=O) groups is 1. The number of rotatable bonds is 1. The zero-order valence-corrected chi connectivity index (χ0v) is 12.3. The lowest BCUT2D eigenvalue weighted by molar-refractivity contribution is 0.0973. The third-order valence-electron chi connectivity index (χ3n) is 3.67. The quantitative estimate of drug-likeness (QED) is 0.808. The van der Waals surface area contributed by atoms with E-state index in [0.717, 1.165) is 24.3 Å². The summed E-state index contributed by atoms with van der Waals surface area (Å²) < 4.78 is 3.79. The van der Waals surface area contributed by atoms with Crippen LogP contribution in [0.5, 0.6) is 0 Å². The van der Waals surface area contributed by atoms with Crippen LogP contribution in [0.1, 0.15) is 23.8 Å². The Balaban J connectivity index is 2.08. The molecule has 0 aliphatic carbocycles. The first-order valence-corrected chi connectivity index (χ1v) is 7.43. The third kappa shape index (κ3) is 2.16. The minimum atomic E-state index is -0.0750. The number of anilines is 2. The summed E-state index contributed by atoms with van der Waals surface area (Å²) in [7, 11) is 2.06. The number of fused-ring (bicyclic) bond motifs is 1. The van der Waals surface area contributed by atoms with Crippen LogP contribution < -0.4 is 9.80 Å². The minimum Gasteiger partial charge on any atom is -0.373 e. The molecular formula is C14H16N4OS. The predicted octanol–water partition coefficient (Wildman–Crippen LogP) is 2.41. The molecule has 1 amide bonds. The fourth-order valence-electron chi connectivity index (χ4n) is 2.55. The SMILES string of the molecule is C[C@H]1CCN(C)c2ccccc2N1C(=O)c1csnn1. The molecule has 20 heavy (non-hydrogen) atoms. The van der Waals surface area contributed by atoms with Crippen LogP contribution in [-0.2, 0) is 0 Å². The van der Waals surface area contributed by atoms with Crippen LogP contribution in [0.2, 0.25) is 0 Å². The maximum Gasteiger partial charge on any atom is 0.280 e. The molecule has 1 aromatic carbocycles. The van der Waals surface area contributed by atoms with Gasteiger partial charge >= 0.3 is 0 Å². The van der Waals surface area contributed by atoms with Gasteiger partial charge in [0.15, 0.2) is 5.69 Å². The van der Waals surface area contributed by atoms with Crippen molar-refractivity contribution in [2.75, 3.05) is 23.4 Å². The van der Waals surface area contributed by atoms with Crippen molar-refractivity contribution >= 4 is 28.8 Å². The molecule has 0 N–H and O–H groups in total. The monoisotopic (exact) mass is 288 g/mol. The van der Waals surface area contributed by atoms with Gasteiger partial charge in [0.05, 0.1) is 11.4 Å². The molecule has 1 atom stereocenters. The van der Waals surface area contributed by atoms with E-state index in [0.29, 0.717) is 5.69 Å². The largest absolute Gasteiger partial charge is 0.373 e. The number of para-hydroxylation sites is 2. The molecule has 0 radical (unpaired) electrons. The van der Waals surface area contributed by atoms with Gasteiger partial charge in [0.25, 0.3) is 5.91 Å². The predicted molar refractivity (Wildman–Crippen MR) is 80.5 cm³/mol. The standard InChI is InChI=1S/C14H16N4OS/c1-10-7-8-17(2)12-5-3-4-6-13(12)18(10)14(19)11-9-20-16-15-11/h3-6,9-10H,7-8H2,1-2H3/t10-/m0/s1. The molecule has 0 unspecified atom stereocenters. The summed E-state index contributed by atoms with van der Waals surface area (Å²) in [6.07, 6.45) is 0.925. The lowest BCUT2D eigenvalue weighted by Gasteiger charge is -2.27. The highest BCUT2D eigenvalue weighted by molar-refractivity contribution is 7.03. The fraction of sp³-hybridized carbons (Fsp3) is 0.357. The zero-order chi connectivity index (χ0) is 14.1. The van der Waals surface area contributed by atoms with Crippen LogP contribution in [0.3, 0.4) is 0 Å². The van der Waals surface area contributed by atoms with Gasteiger partial charge < -0.3 is 9.80 Å². The molecule has 0 saturated carbocycles. The van der Waals surface area contributed by atoms with Crippen LogP contribution in [0.15, 0.2) is 29.6 Å². The topological polar surface area (TPSA) is 49.3 Å². The van der Waals surface area contributed by atoms with Crippen molar-refractivity contribution in [1.29, 1.82) is 0 Å². The van der Waals surface area contributed by atoms with Crippen molar-refractivity contribution in [3.63, 3.8) is 0 Å². The smallest absolute Gasteiger partial charge is 0.280 e. The molecule has 1 aromatic heterocycles. The van der Waals surface area contributed by atoms with Crippen LogP contribution in [0.4, 0.5) is 11.4 Å². The van der Waals surface area contributed by atoms with Crippen LogP contribution >= 0.6 is 11.5 Å². The average molecular weight is 288 g/mol. The van der Waals surface area contributed by atoms with Gasteiger partial charge in [-0.1, -0.05) is 16.6 Å². The van der Waals surface area contributed by atoms with Crippen LogP contribution in [-0.4, -0.2) is 35.1 Å². The molecule has 5 nitrogen and oxygen atoms in total. The first kappa shape index (κ1) is 13.1. The second-order valence-electron chi connectivity index (χ2n) is 5.01. The second-order valence-corrected chi connectivity index (χ2v) is 5.62.